The first-order valence-corrected chi connectivity index (χ1v) is 6.90. The normalized spacial score (nSPS) is 10.4. The zero-order valence-corrected chi connectivity index (χ0v) is 12.2. The van der Waals surface area contributed by atoms with Crippen LogP contribution in [0.2, 0.25) is 0 Å². The molecule has 0 unspecified atom stereocenters. The van der Waals surface area contributed by atoms with E-state index in [-0.39, 0.29) is 5.56 Å². The maximum atomic E-state index is 13.3. The highest BCUT2D eigenvalue weighted by Crippen LogP contribution is 2.19. The first-order valence-electron chi connectivity index (χ1n) is 6.90. The van der Waals surface area contributed by atoms with Crippen LogP contribution in [0.1, 0.15) is 29.3 Å². The molecule has 1 aromatic carbocycles. The van der Waals surface area contributed by atoms with Gasteiger partial charge in [0.25, 0.3) is 0 Å². The molecule has 2 aromatic rings. The number of aromatic nitrogens is 1. The Hall–Kier alpha value is -2.30. The predicted octanol–water partition coefficient (Wildman–Crippen LogP) is 3.44. The summed E-state index contributed by atoms with van der Waals surface area (Å²) in [5, 5.41) is 3.15. The highest BCUT2D eigenvalue weighted by atomic mass is 19.1. The number of carbonyl (C=O) groups is 1. The van der Waals surface area contributed by atoms with E-state index in [4.69, 9.17) is 0 Å². The summed E-state index contributed by atoms with van der Waals surface area (Å²) in [6.07, 6.45) is 5.15. The van der Waals surface area contributed by atoms with Gasteiger partial charge in [-0.25, -0.2) is 9.18 Å². The Morgan fingerprint density at radius 2 is 2.19 bits per heavy atom. The number of ether oxygens (including phenoxy) is 1. The van der Waals surface area contributed by atoms with Crippen molar-refractivity contribution >= 4 is 11.7 Å². The standard InChI is InChI=1S/C16H19FN2O2/c1-3-7-19-8-6-12(11-19)10-18-15-5-4-13(17)9-14(15)16(20)21-2/h4-6,8-9,11,18H,3,7,10H2,1-2H3. The number of hydrogen-bond acceptors (Lipinski definition) is 3. The van der Waals surface area contributed by atoms with Crippen LogP contribution >= 0.6 is 0 Å². The highest BCUT2D eigenvalue weighted by molar-refractivity contribution is 5.95. The molecule has 0 saturated carbocycles. The van der Waals surface area contributed by atoms with Crippen LogP contribution in [0.25, 0.3) is 0 Å². The summed E-state index contributed by atoms with van der Waals surface area (Å²) < 4.78 is 20.0. The maximum Gasteiger partial charge on any atom is 0.340 e. The van der Waals surface area contributed by atoms with Gasteiger partial charge < -0.3 is 14.6 Å². The summed E-state index contributed by atoms with van der Waals surface area (Å²) in [4.78, 5) is 11.7. The minimum Gasteiger partial charge on any atom is -0.465 e. The summed E-state index contributed by atoms with van der Waals surface area (Å²) in [5.41, 5.74) is 1.86. The lowest BCUT2D eigenvalue weighted by Gasteiger charge is -2.10. The van der Waals surface area contributed by atoms with E-state index in [1.54, 1.807) is 6.07 Å². The number of aryl methyl sites for hydroxylation is 1. The molecule has 0 atom stereocenters. The van der Waals surface area contributed by atoms with Gasteiger partial charge in [-0.15, -0.1) is 0 Å². The fraction of sp³-hybridized carbons (Fsp3) is 0.312. The second kappa shape index (κ2) is 6.92. The number of methoxy groups -OCH3 is 1. The van der Waals surface area contributed by atoms with Crippen LogP contribution < -0.4 is 5.32 Å². The van der Waals surface area contributed by atoms with Crippen molar-refractivity contribution in [3.8, 4) is 0 Å². The Bertz CT molecular complexity index is 622. The van der Waals surface area contributed by atoms with Crippen LogP contribution in [-0.2, 0) is 17.8 Å². The molecular formula is C16H19FN2O2. The molecule has 0 bridgehead atoms. The Kier molecular flexibility index (Phi) is 4.98. The predicted molar refractivity (Wildman–Crippen MR) is 79.8 cm³/mol. The summed E-state index contributed by atoms with van der Waals surface area (Å²) >= 11 is 0. The molecule has 0 amide bonds. The Labute approximate surface area is 123 Å². The monoisotopic (exact) mass is 290 g/mol. The van der Waals surface area contributed by atoms with Crippen LogP contribution in [0.15, 0.2) is 36.7 Å². The van der Waals surface area contributed by atoms with Gasteiger partial charge >= 0.3 is 5.97 Å². The summed E-state index contributed by atoms with van der Waals surface area (Å²) in [5.74, 6) is -1.02. The number of hydrogen-bond donors (Lipinski definition) is 1. The van der Waals surface area contributed by atoms with Gasteiger partial charge in [0.05, 0.1) is 12.7 Å². The molecule has 1 N–H and O–H groups in total. The highest BCUT2D eigenvalue weighted by Gasteiger charge is 2.13. The van der Waals surface area contributed by atoms with Gasteiger partial charge in [0.15, 0.2) is 0 Å². The number of nitrogens with zero attached hydrogens (tertiary/aromatic N) is 1. The third-order valence-corrected chi connectivity index (χ3v) is 3.16. The third kappa shape index (κ3) is 3.84. The van der Waals surface area contributed by atoms with Gasteiger partial charge in [-0.2, -0.15) is 0 Å². The number of benzene rings is 1. The molecular weight excluding hydrogens is 271 g/mol. The van der Waals surface area contributed by atoms with Crippen molar-refractivity contribution in [3.63, 3.8) is 0 Å². The number of rotatable bonds is 6. The fourth-order valence-corrected chi connectivity index (χ4v) is 2.14. The van der Waals surface area contributed by atoms with E-state index in [0.29, 0.717) is 12.2 Å². The number of nitrogens with one attached hydrogen (secondary N) is 1. The zero-order valence-electron chi connectivity index (χ0n) is 12.2. The lowest BCUT2D eigenvalue weighted by Crippen LogP contribution is -2.08. The van der Waals surface area contributed by atoms with Crippen molar-refractivity contribution in [2.45, 2.75) is 26.4 Å². The largest absolute Gasteiger partial charge is 0.465 e. The minimum absolute atomic E-state index is 0.200. The van der Waals surface area contributed by atoms with Gasteiger partial charge in [0.1, 0.15) is 5.82 Å². The number of halogens is 1. The number of anilines is 1. The molecule has 0 saturated heterocycles. The molecule has 112 valence electrons. The van der Waals surface area contributed by atoms with Gasteiger partial charge in [-0.1, -0.05) is 6.92 Å². The van der Waals surface area contributed by atoms with Crippen molar-refractivity contribution in [2.75, 3.05) is 12.4 Å². The maximum absolute atomic E-state index is 13.3. The van der Waals surface area contributed by atoms with Crippen molar-refractivity contribution in [1.29, 1.82) is 0 Å². The molecule has 21 heavy (non-hydrogen) atoms. The van der Waals surface area contributed by atoms with E-state index < -0.39 is 11.8 Å². The number of carbonyl (C=O) groups excluding carboxylic acids is 1. The van der Waals surface area contributed by atoms with Gasteiger partial charge in [-0.3, -0.25) is 0 Å². The SMILES string of the molecule is CCCn1ccc(CNc2ccc(F)cc2C(=O)OC)c1. The summed E-state index contributed by atoms with van der Waals surface area (Å²) in [6.45, 7) is 3.66. The van der Waals surface area contributed by atoms with Crippen LogP contribution in [0.5, 0.6) is 0 Å². The lowest BCUT2D eigenvalue weighted by molar-refractivity contribution is 0.0601. The van der Waals surface area contributed by atoms with E-state index in [9.17, 15) is 9.18 Å². The molecule has 0 radical (unpaired) electrons. The molecule has 0 aliphatic carbocycles. The Morgan fingerprint density at radius 3 is 2.90 bits per heavy atom. The molecule has 0 aliphatic heterocycles. The summed E-state index contributed by atoms with van der Waals surface area (Å²) in [7, 11) is 1.28. The average molecular weight is 290 g/mol. The second-order valence-electron chi connectivity index (χ2n) is 4.79. The fourth-order valence-electron chi connectivity index (χ4n) is 2.14. The Balaban J connectivity index is 2.10. The van der Waals surface area contributed by atoms with Gasteiger partial charge in [0, 0.05) is 31.2 Å². The smallest absolute Gasteiger partial charge is 0.340 e. The van der Waals surface area contributed by atoms with E-state index in [0.717, 1.165) is 18.5 Å². The number of esters is 1. The van der Waals surface area contributed by atoms with Crippen molar-refractivity contribution in [2.24, 2.45) is 0 Å². The van der Waals surface area contributed by atoms with Crippen molar-refractivity contribution < 1.29 is 13.9 Å². The van der Waals surface area contributed by atoms with E-state index in [2.05, 4.69) is 27.7 Å². The van der Waals surface area contributed by atoms with Crippen LogP contribution in [-0.4, -0.2) is 17.6 Å². The molecule has 1 aromatic heterocycles. The molecule has 1 heterocycles. The third-order valence-electron chi connectivity index (χ3n) is 3.16. The van der Waals surface area contributed by atoms with Gasteiger partial charge in [0.2, 0.25) is 0 Å². The van der Waals surface area contributed by atoms with Crippen LogP contribution in [0.3, 0.4) is 0 Å². The van der Waals surface area contributed by atoms with E-state index in [1.807, 2.05) is 12.3 Å². The van der Waals surface area contributed by atoms with Crippen molar-refractivity contribution in [1.82, 2.24) is 4.57 Å². The topological polar surface area (TPSA) is 43.3 Å². The molecule has 2 rings (SSSR count). The molecule has 4 nitrogen and oxygen atoms in total. The second-order valence-corrected chi connectivity index (χ2v) is 4.79. The van der Waals surface area contributed by atoms with E-state index in [1.165, 1.54) is 19.2 Å². The molecule has 0 aliphatic rings. The average Bonchev–Trinajstić information content (AvgIpc) is 2.93. The van der Waals surface area contributed by atoms with Crippen LogP contribution in [0, 0.1) is 5.82 Å². The van der Waals surface area contributed by atoms with Gasteiger partial charge in [-0.05, 0) is 36.2 Å². The Morgan fingerprint density at radius 1 is 1.38 bits per heavy atom. The minimum atomic E-state index is -0.555. The summed E-state index contributed by atoms with van der Waals surface area (Å²) in [6, 6.07) is 6.06. The van der Waals surface area contributed by atoms with Crippen LogP contribution in [0.4, 0.5) is 10.1 Å². The quantitative estimate of drug-likeness (QED) is 0.829. The molecule has 0 fully saturated rings. The lowest BCUT2D eigenvalue weighted by atomic mass is 10.1. The first kappa shape index (κ1) is 15.1. The zero-order chi connectivity index (χ0) is 15.2. The van der Waals surface area contributed by atoms with Crippen molar-refractivity contribution in [3.05, 3.63) is 53.6 Å². The first-order chi connectivity index (χ1) is 10.1. The molecule has 0 spiro atoms. The molecule has 5 heteroatoms. The van der Waals surface area contributed by atoms with E-state index >= 15 is 0 Å².